The molecule has 1 aromatic heterocycles. The highest BCUT2D eigenvalue weighted by atomic mass is 16.1. The minimum atomic E-state index is -0.260. The first-order valence-corrected chi connectivity index (χ1v) is 8.24. The van der Waals surface area contributed by atoms with E-state index < -0.39 is 0 Å². The summed E-state index contributed by atoms with van der Waals surface area (Å²) < 4.78 is 0. The van der Waals surface area contributed by atoms with Gasteiger partial charge in [-0.25, -0.2) is 0 Å². The molecule has 3 rings (SSSR count). The smallest absolute Gasteiger partial charge is 0.276 e. The minimum Gasteiger partial charge on any atom is -0.367 e. The van der Waals surface area contributed by atoms with Crippen molar-refractivity contribution in [2.75, 3.05) is 31.3 Å². The minimum absolute atomic E-state index is 0.260. The fourth-order valence-corrected chi connectivity index (χ4v) is 2.73. The Morgan fingerprint density at radius 3 is 2.50 bits per heavy atom. The van der Waals surface area contributed by atoms with E-state index in [2.05, 4.69) is 39.8 Å². The number of carbonyl (C=O) groups is 1. The van der Waals surface area contributed by atoms with Gasteiger partial charge in [0.15, 0.2) is 5.69 Å². The van der Waals surface area contributed by atoms with Crippen molar-refractivity contribution in [2.45, 2.75) is 18.9 Å². The van der Waals surface area contributed by atoms with Crippen LogP contribution in [0.3, 0.4) is 0 Å². The van der Waals surface area contributed by atoms with Crippen LogP contribution in [-0.4, -0.2) is 47.7 Å². The van der Waals surface area contributed by atoms with E-state index in [9.17, 15) is 4.79 Å². The van der Waals surface area contributed by atoms with Crippen molar-refractivity contribution in [2.24, 2.45) is 5.92 Å². The van der Waals surface area contributed by atoms with Crippen LogP contribution in [0.5, 0.6) is 0 Å². The lowest BCUT2D eigenvalue weighted by atomic mass is 10.1. The maximum absolute atomic E-state index is 12.1. The molecule has 0 radical (unpaired) electrons. The zero-order chi connectivity index (χ0) is 16.9. The molecule has 1 aromatic carbocycles. The molecule has 0 aliphatic heterocycles. The fraction of sp³-hybridized carbons (Fsp3) is 0.389. The summed E-state index contributed by atoms with van der Waals surface area (Å²) in [5.41, 5.74) is 1.04. The molecule has 1 fully saturated rings. The van der Waals surface area contributed by atoms with Gasteiger partial charge in [0.1, 0.15) is 5.82 Å². The van der Waals surface area contributed by atoms with E-state index in [-0.39, 0.29) is 5.91 Å². The Morgan fingerprint density at radius 1 is 1.17 bits per heavy atom. The van der Waals surface area contributed by atoms with Crippen LogP contribution in [0.15, 0.2) is 42.5 Å². The highest BCUT2D eigenvalue weighted by molar-refractivity contribution is 6.02. The summed E-state index contributed by atoms with van der Waals surface area (Å²) in [6.07, 6.45) is 2.60. The summed E-state index contributed by atoms with van der Waals surface area (Å²) in [6.45, 7) is 0.835. The van der Waals surface area contributed by atoms with Crippen molar-refractivity contribution in [1.29, 1.82) is 0 Å². The molecule has 1 aliphatic rings. The van der Waals surface area contributed by atoms with E-state index in [4.69, 9.17) is 0 Å². The standard InChI is InChI=1S/C18H23N5O/c1-23(2)16(13-8-9-13)12-19-17-11-10-15(21-22-17)18(24)20-14-6-4-3-5-7-14/h3-7,10-11,13,16H,8-9,12H2,1-2H3,(H,19,22)(H,20,24). The van der Waals surface area contributed by atoms with E-state index in [1.807, 2.05) is 30.3 Å². The molecule has 1 aliphatic carbocycles. The molecule has 0 bridgehead atoms. The molecule has 0 spiro atoms. The molecule has 24 heavy (non-hydrogen) atoms. The lowest BCUT2D eigenvalue weighted by Crippen LogP contribution is -2.36. The first-order chi connectivity index (χ1) is 11.6. The van der Waals surface area contributed by atoms with Crippen LogP contribution in [0.4, 0.5) is 11.5 Å². The third-order valence-electron chi connectivity index (χ3n) is 4.25. The molecular formula is C18H23N5O. The van der Waals surface area contributed by atoms with Crippen molar-refractivity contribution in [3.63, 3.8) is 0 Å². The van der Waals surface area contributed by atoms with Gasteiger partial charge in [0.05, 0.1) is 0 Å². The number of hydrogen-bond donors (Lipinski definition) is 2. The molecule has 6 nitrogen and oxygen atoms in total. The van der Waals surface area contributed by atoms with Crippen LogP contribution >= 0.6 is 0 Å². The predicted octanol–water partition coefficient (Wildman–Crippen LogP) is 2.48. The van der Waals surface area contributed by atoms with Gasteiger partial charge in [0.25, 0.3) is 5.91 Å². The SMILES string of the molecule is CN(C)C(CNc1ccc(C(=O)Nc2ccccc2)nn1)C1CC1. The summed E-state index contributed by atoms with van der Waals surface area (Å²) in [4.78, 5) is 14.4. The third-order valence-corrected chi connectivity index (χ3v) is 4.25. The molecule has 1 saturated carbocycles. The van der Waals surface area contributed by atoms with E-state index >= 15 is 0 Å². The van der Waals surface area contributed by atoms with Crippen LogP contribution in [0.1, 0.15) is 23.3 Å². The van der Waals surface area contributed by atoms with Gasteiger partial charge < -0.3 is 15.5 Å². The summed E-state index contributed by atoms with van der Waals surface area (Å²) in [7, 11) is 4.21. The number of likely N-dealkylation sites (N-methyl/N-ethyl adjacent to an activating group) is 1. The number of nitrogens with one attached hydrogen (secondary N) is 2. The van der Waals surface area contributed by atoms with Gasteiger partial charge in [-0.05, 0) is 57.1 Å². The number of benzene rings is 1. The fourth-order valence-electron chi connectivity index (χ4n) is 2.73. The predicted molar refractivity (Wildman–Crippen MR) is 95.1 cm³/mol. The molecule has 1 amide bonds. The Kier molecular flexibility index (Phi) is 5.05. The average molecular weight is 325 g/mol. The van der Waals surface area contributed by atoms with Crippen molar-refractivity contribution in [1.82, 2.24) is 15.1 Å². The van der Waals surface area contributed by atoms with Crippen LogP contribution in [-0.2, 0) is 0 Å². The van der Waals surface area contributed by atoms with Gasteiger partial charge in [-0.1, -0.05) is 18.2 Å². The molecule has 2 aromatic rings. The normalized spacial score (nSPS) is 15.1. The number of para-hydroxylation sites is 1. The van der Waals surface area contributed by atoms with E-state index in [0.717, 1.165) is 18.2 Å². The number of nitrogens with zero attached hydrogens (tertiary/aromatic N) is 3. The van der Waals surface area contributed by atoms with E-state index in [1.54, 1.807) is 12.1 Å². The van der Waals surface area contributed by atoms with Gasteiger partial charge in [0, 0.05) is 18.3 Å². The number of carbonyl (C=O) groups excluding carboxylic acids is 1. The van der Waals surface area contributed by atoms with Crippen LogP contribution in [0, 0.1) is 5.92 Å². The number of anilines is 2. The monoisotopic (exact) mass is 325 g/mol. The molecule has 6 heteroatoms. The first-order valence-electron chi connectivity index (χ1n) is 8.24. The molecule has 2 N–H and O–H groups in total. The number of rotatable bonds is 7. The molecule has 0 saturated heterocycles. The Morgan fingerprint density at radius 2 is 1.92 bits per heavy atom. The maximum Gasteiger partial charge on any atom is 0.276 e. The second-order valence-corrected chi connectivity index (χ2v) is 6.37. The van der Waals surface area contributed by atoms with Crippen molar-refractivity contribution >= 4 is 17.4 Å². The molecule has 1 atom stereocenters. The van der Waals surface area contributed by atoms with Crippen molar-refractivity contribution in [3.05, 3.63) is 48.2 Å². The van der Waals surface area contributed by atoms with Gasteiger partial charge >= 0.3 is 0 Å². The first kappa shape index (κ1) is 16.4. The van der Waals surface area contributed by atoms with Crippen molar-refractivity contribution in [3.8, 4) is 0 Å². The Balaban J connectivity index is 1.55. The molecule has 1 heterocycles. The zero-order valence-electron chi connectivity index (χ0n) is 14.1. The van der Waals surface area contributed by atoms with Gasteiger partial charge in [0.2, 0.25) is 0 Å². The maximum atomic E-state index is 12.1. The van der Waals surface area contributed by atoms with Crippen LogP contribution in [0.25, 0.3) is 0 Å². The van der Waals surface area contributed by atoms with Crippen LogP contribution in [0.2, 0.25) is 0 Å². The van der Waals surface area contributed by atoms with Crippen molar-refractivity contribution < 1.29 is 4.79 Å². The number of amides is 1. The average Bonchev–Trinajstić information content (AvgIpc) is 3.41. The summed E-state index contributed by atoms with van der Waals surface area (Å²) >= 11 is 0. The lowest BCUT2D eigenvalue weighted by molar-refractivity contribution is 0.102. The summed E-state index contributed by atoms with van der Waals surface area (Å²) in [5, 5.41) is 14.2. The molecular weight excluding hydrogens is 302 g/mol. The van der Waals surface area contributed by atoms with E-state index in [0.29, 0.717) is 17.6 Å². The van der Waals surface area contributed by atoms with Gasteiger partial charge in [-0.15, -0.1) is 10.2 Å². The second kappa shape index (κ2) is 7.40. The Bertz CT molecular complexity index is 666. The topological polar surface area (TPSA) is 70.2 Å². The molecule has 126 valence electrons. The van der Waals surface area contributed by atoms with Gasteiger partial charge in [-0.2, -0.15) is 0 Å². The summed E-state index contributed by atoms with van der Waals surface area (Å²) in [6, 6.07) is 13.3. The lowest BCUT2D eigenvalue weighted by Gasteiger charge is -2.24. The molecule has 1 unspecified atom stereocenters. The van der Waals surface area contributed by atoms with Gasteiger partial charge in [-0.3, -0.25) is 4.79 Å². The Labute approximate surface area is 142 Å². The Hall–Kier alpha value is -2.47. The number of hydrogen-bond acceptors (Lipinski definition) is 5. The highest BCUT2D eigenvalue weighted by Crippen LogP contribution is 2.34. The summed E-state index contributed by atoms with van der Waals surface area (Å²) in [5.74, 6) is 1.21. The highest BCUT2D eigenvalue weighted by Gasteiger charge is 2.32. The largest absolute Gasteiger partial charge is 0.367 e. The van der Waals surface area contributed by atoms with Crippen LogP contribution < -0.4 is 10.6 Å². The third kappa shape index (κ3) is 4.29. The number of aromatic nitrogens is 2. The quantitative estimate of drug-likeness (QED) is 0.818. The van der Waals surface area contributed by atoms with E-state index in [1.165, 1.54) is 12.8 Å². The second-order valence-electron chi connectivity index (χ2n) is 6.37. The zero-order valence-corrected chi connectivity index (χ0v) is 14.1.